The summed E-state index contributed by atoms with van der Waals surface area (Å²) in [6, 6.07) is 9.93. The summed E-state index contributed by atoms with van der Waals surface area (Å²) in [5.74, 6) is 1.59. The minimum absolute atomic E-state index is 0.0869. The second kappa shape index (κ2) is 7.06. The third kappa shape index (κ3) is 3.10. The normalized spacial score (nSPS) is 23.4. The molecule has 0 radical (unpaired) electrons. The van der Waals surface area contributed by atoms with Crippen LogP contribution in [0.25, 0.3) is 10.9 Å². The van der Waals surface area contributed by atoms with Gasteiger partial charge in [0.2, 0.25) is 5.88 Å². The summed E-state index contributed by atoms with van der Waals surface area (Å²) in [6.07, 6.45) is 7.39. The van der Waals surface area contributed by atoms with Crippen molar-refractivity contribution >= 4 is 16.8 Å². The van der Waals surface area contributed by atoms with Crippen molar-refractivity contribution in [1.82, 2.24) is 19.7 Å². The molecule has 150 valence electrons. The van der Waals surface area contributed by atoms with Crippen molar-refractivity contribution in [2.24, 2.45) is 7.05 Å². The van der Waals surface area contributed by atoms with E-state index < -0.39 is 0 Å². The minimum atomic E-state index is 0.0869. The number of aryl methyl sites for hydroxylation is 1. The Morgan fingerprint density at radius 2 is 1.97 bits per heavy atom. The van der Waals surface area contributed by atoms with E-state index in [1.807, 2.05) is 37.4 Å². The molecule has 2 aliphatic rings. The molecule has 2 bridgehead atoms. The Morgan fingerprint density at radius 1 is 1.17 bits per heavy atom. The number of hydrogen-bond donors (Lipinski definition) is 0. The van der Waals surface area contributed by atoms with Gasteiger partial charge in [-0.05, 0) is 43.2 Å². The molecule has 2 aliphatic heterocycles. The number of aromatic nitrogens is 3. The summed E-state index contributed by atoms with van der Waals surface area (Å²) in [5, 5.41) is 5.39. The molecule has 0 spiro atoms. The lowest BCUT2D eigenvalue weighted by Gasteiger charge is -2.39. The van der Waals surface area contributed by atoms with E-state index in [1.54, 1.807) is 24.2 Å². The number of carbonyl (C=O) groups excluding carboxylic acids is 1. The largest absolute Gasteiger partial charge is 0.489 e. The first-order valence-corrected chi connectivity index (χ1v) is 10.0. The Hall–Kier alpha value is -3.09. The van der Waals surface area contributed by atoms with Crippen molar-refractivity contribution in [2.75, 3.05) is 7.11 Å². The maximum absolute atomic E-state index is 13.3. The summed E-state index contributed by atoms with van der Waals surface area (Å²) in [7, 11) is 3.47. The summed E-state index contributed by atoms with van der Waals surface area (Å²) in [5.41, 5.74) is 1.46. The summed E-state index contributed by atoms with van der Waals surface area (Å²) >= 11 is 0. The van der Waals surface area contributed by atoms with E-state index in [0.29, 0.717) is 11.4 Å². The first-order chi connectivity index (χ1) is 14.1. The summed E-state index contributed by atoms with van der Waals surface area (Å²) in [4.78, 5) is 19.5. The molecule has 29 heavy (non-hydrogen) atoms. The molecule has 7 heteroatoms. The quantitative estimate of drug-likeness (QED) is 0.682. The molecular weight excluding hydrogens is 368 g/mol. The summed E-state index contributed by atoms with van der Waals surface area (Å²) in [6.45, 7) is 0. The molecule has 2 atom stereocenters. The molecule has 0 aliphatic carbocycles. The van der Waals surface area contributed by atoms with Crippen LogP contribution in [0.4, 0.5) is 0 Å². The second-order valence-electron chi connectivity index (χ2n) is 7.86. The number of ether oxygens (including phenoxy) is 2. The molecule has 2 unspecified atom stereocenters. The molecule has 2 fully saturated rings. The zero-order chi connectivity index (χ0) is 20.0. The predicted molar refractivity (Wildman–Crippen MR) is 108 cm³/mol. The van der Waals surface area contributed by atoms with Gasteiger partial charge < -0.3 is 14.4 Å². The van der Waals surface area contributed by atoms with E-state index in [9.17, 15) is 4.79 Å². The molecule has 1 amide bonds. The van der Waals surface area contributed by atoms with Crippen LogP contribution in [0.5, 0.6) is 11.6 Å². The molecular formula is C22H24N4O3. The van der Waals surface area contributed by atoms with E-state index in [0.717, 1.165) is 42.3 Å². The van der Waals surface area contributed by atoms with Gasteiger partial charge in [-0.1, -0.05) is 0 Å². The average Bonchev–Trinajstić information content (AvgIpc) is 3.19. The smallest absolute Gasteiger partial charge is 0.254 e. The third-order valence-electron chi connectivity index (χ3n) is 6.08. The molecule has 5 rings (SSSR count). The first kappa shape index (κ1) is 18.0. The third-order valence-corrected chi connectivity index (χ3v) is 6.08. The highest BCUT2D eigenvalue weighted by Crippen LogP contribution is 2.38. The zero-order valence-electron chi connectivity index (χ0n) is 16.6. The number of nitrogens with zero attached hydrogens (tertiary/aromatic N) is 4. The van der Waals surface area contributed by atoms with Crippen LogP contribution in [0.2, 0.25) is 0 Å². The van der Waals surface area contributed by atoms with Crippen molar-refractivity contribution in [3.05, 3.63) is 48.3 Å². The maximum atomic E-state index is 13.3. The van der Waals surface area contributed by atoms with Gasteiger partial charge in [0.1, 0.15) is 11.9 Å². The van der Waals surface area contributed by atoms with E-state index in [2.05, 4.69) is 15.0 Å². The van der Waals surface area contributed by atoms with Crippen molar-refractivity contribution in [3.8, 4) is 11.6 Å². The van der Waals surface area contributed by atoms with E-state index in [-0.39, 0.29) is 24.1 Å². The van der Waals surface area contributed by atoms with E-state index >= 15 is 0 Å². The van der Waals surface area contributed by atoms with Gasteiger partial charge in [0.15, 0.2) is 0 Å². The highest BCUT2D eigenvalue weighted by Gasteiger charge is 2.44. The molecule has 2 aromatic heterocycles. The number of rotatable bonds is 4. The second-order valence-corrected chi connectivity index (χ2v) is 7.86. The van der Waals surface area contributed by atoms with Gasteiger partial charge in [0.25, 0.3) is 5.91 Å². The first-order valence-electron chi connectivity index (χ1n) is 10.0. The molecule has 3 aromatic rings. The minimum Gasteiger partial charge on any atom is -0.489 e. The van der Waals surface area contributed by atoms with Crippen LogP contribution >= 0.6 is 0 Å². The van der Waals surface area contributed by atoms with Crippen molar-refractivity contribution in [1.29, 1.82) is 0 Å². The lowest BCUT2D eigenvalue weighted by atomic mass is 9.98. The lowest BCUT2D eigenvalue weighted by molar-refractivity contribution is 0.0358. The number of methoxy groups -OCH3 is 1. The molecule has 2 saturated heterocycles. The van der Waals surface area contributed by atoms with Crippen LogP contribution in [0.15, 0.2) is 42.7 Å². The van der Waals surface area contributed by atoms with Crippen LogP contribution in [0.3, 0.4) is 0 Å². The van der Waals surface area contributed by atoms with Gasteiger partial charge in [-0.15, -0.1) is 0 Å². The number of pyridine rings is 1. The molecule has 1 aromatic carbocycles. The average molecular weight is 392 g/mol. The van der Waals surface area contributed by atoms with Gasteiger partial charge in [0.05, 0.1) is 24.2 Å². The highest BCUT2D eigenvalue weighted by atomic mass is 16.5. The van der Waals surface area contributed by atoms with E-state index in [1.165, 1.54) is 0 Å². The number of amides is 1. The van der Waals surface area contributed by atoms with Gasteiger partial charge in [-0.2, -0.15) is 5.10 Å². The highest BCUT2D eigenvalue weighted by molar-refractivity contribution is 5.99. The Balaban J connectivity index is 1.35. The Labute approximate surface area is 169 Å². The van der Waals surface area contributed by atoms with Crippen molar-refractivity contribution in [3.63, 3.8) is 0 Å². The van der Waals surface area contributed by atoms with Gasteiger partial charge in [-0.3, -0.25) is 9.78 Å². The molecule has 0 saturated carbocycles. The Bertz CT molecular complexity index is 1030. The predicted octanol–water partition coefficient (Wildman–Crippen LogP) is 3.19. The van der Waals surface area contributed by atoms with E-state index in [4.69, 9.17) is 9.47 Å². The zero-order valence-corrected chi connectivity index (χ0v) is 16.6. The van der Waals surface area contributed by atoms with Crippen LogP contribution in [-0.4, -0.2) is 50.9 Å². The fourth-order valence-corrected chi connectivity index (χ4v) is 4.86. The standard InChI is InChI=1S/C22H24N4O3/c1-25-22(28-2)19-8-5-14(10-20(19)24-25)21(27)26-15-6-7-16(26)12-18(11-15)29-17-4-3-9-23-13-17/h3-5,8-10,13,15-16,18H,6-7,11-12H2,1-2H3. The number of benzene rings is 1. The lowest BCUT2D eigenvalue weighted by Crippen LogP contribution is -2.49. The fraction of sp³-hybridized carbons (Fsp3) is 0.409. The number of carbonyl (C=O) groups is 1. The number of hydrogen-bond acceptors (Lipinski definition) is 5. The molecule has 0 N–H and O–H groups in total. The Morgan fingerprint density at radius 3 is 2.66 bits per heavy atom. The Kier molecular flexibility index (Phi) is 4.38. The molecule has 4 heterocycles. The van der Waals surface area contributed by atoms with Gasteiger partial charge >= 0.3 is 0 Å². The van der Waals surface area contributed by atoms with Gasteiger partial charge in [-0.25, -0.2) is 4.68 Å². The fourth-order valence-electron chi connectivity index (χ4n) is 4.86. The van der Waals surface area contributed by atoms with Crippen LogP contribution in [0, 0.1) is 0 Å². The monoisotopic (exact) mass is 392 g/mol. The van der Waals surface area contributed by atoms with Crippen LogP contribution in [-0.2, 0) is 7.05 Å². The summed E-state index contributed by atoms with van der Waals surface area (Å²) < 4.78 is 13.2. The van der Waals surface area contributed by atoms with Gasteiger partial charge in [0, 0.05) is 43.7 Å². The number of fused-ring (bicyclic) bond motifs is 3. The SMILES string of the molecule is COc1c2ccc(C(=O)N3C4CCC3CC(Oc3cccnc3)C4)cc2nn1C. The van der Waals surface area contributed by atoms with Crippen LogP contribution in [0.1, 0.15) is 36.0 Å². The molecule has 7 nitrogen and oxygen atoms in total. The van der Waals surface area contributed by atoms with Crippen LogP contribution < -0.4 is 9.47 Å². The maximum Gasteiger partial charge on any atom is 0.254 e. The topological polar surface area (TPSA) is 69.5 Å². The van der Waals surface area contributed by atoms with Crippen molar-refractivity contribution in [2.45, 2.75) is 43.9 Å². The van der Waals surface area contributed by atoms with Crippen molar-refractivity contribution < 1.29 is 14.3 Å². The number of piperidine rings is 1.